The Hall–Kier alpha value is -1.35. The number of hydrogen-bond donors (Lipinski definition) is 1. The molecular formula is C22H34N2O. The third kappa shape index (κ3) is 4.08. The third-order valence-electron chi connectivity index (χ3n) is 6.15. The fraction of sp³-hybridized carbons (Fsp3) is 0.682. The molecule has 1 aliphatic heterocycles. The van der Waals surface area contributed by atoms with Crippen LogP contribution in [0.1, 0.15) is 77.0 Å². The lowest BCUT2D eigenvalue weighted by atomic mass is 9.73. The maximum Gasteiger partial charge on any atom is 0.220 e. The second kappa shape index (κ2) is 7.11. The molecule has 0 unspecified atom stereocenters. The van der Waals surface area contributed by atoms with Gasteiger partial charge in [0.15, 0.2) is 0 Å². The van der Waals surface area contributed by atoms with Crippen LogP contribution in [0, 0.1) is 5.41 Å². The van der Waals surface area contributed by atoms with E-state index < -0.39 is 0 Å². The molecule has 3 nitrogen and oxygen atoms in total. The van der Waals surface area contributed by atoms with Gasteiger partial charge in [0, 0.05) is 11.8 Å². The zero-order chi connectivity index (χ0) is 18.1. The van der Waals surface area contributed by atoms with Gasteiger partial charge in [-0.3, -0.25) is 4.79 Å². The second-order valence-corrected chi connectivity index (χ2v) is 9.20. The van der Waals surface area contributed by atoms with Gasteiger partial charge in [0.2, 0.25) is 5.91 Å². The molecule has 1 spiro atoms. The summed E-state index contributed by atoms with van der Waals surface area (Å²) < 4.78 is 0. The van der Waals surface area contributed by atoms with Crippen LogP contribution in [0.3, 0.4) is 0 Å². The van der Waals surface area contributed by atoms with Gasteiger partial charge in [0.1, 0.15) is 0 Å². The van der Waals surface area contributed by atoms with Crippen molar-refractivity contribution in [2.24, 2.45) is 5.41 Å². The molecule has 1 aromatic rings. The highest BCUT2D eigenvalue weighted by Gasteiger charge is 2.45. The molecule has 1 saturated heterocycles. The molecule has 0 radical (unpaired) electrons. The number of nitrogens with zero attached hydrogens (tertiary/aromatic N) is 1. The minimum absolute atomic E-state index is 0.166. The second-order valence-electron chi connectivity index (χ2n) is 9.20. The van der Waals surface area contributed by atoms with Crippen LogP contribution in [0.4, 0.5) is 0 Å². The Kier molecular flexibility index (Phi) is 5.24. The molecule has 0 bridgehead atoms. The van der Waals surface area contributed by atoms with Crippen molar-refractivity contribution in [1.82, 2.24) is 10.2 Å². The zero-order valence-corrected chi connectivity index (χ0v) is 16.4. The molecule has 0 saturated carbocycles. The SMILES string of the molecule is CCC(=O)N[C@H]1CC2(CCN(CCC(C)(C)C)CC2)c2ccccc21. The highest BCUT2D eigenvalue weighted by Crippen LogP contribution is 2.50. The first kappa shape index (κ1) is 18.4. The quantitative estimate of drug-likeness (QED) is 0.878. The fourth-order valence-corrected chi connectivity index (χ4v) is 4.49. The summed E-state index contributed by atoms with van der Waals surface area (Å²) in [5.74, 6) is 0.166. The third-order valence-corrected chi connectivity index (χ3v) is 6.15. The van der Waals surface area contributed by atoms with Crippen LogP contribution in [0.5, 0.6) is 0 Å². The van der Waals surface area contributed by atoms with Crippen molar-refractivity contribution in [3.8, 4) is 0 Å². The van der Waals surface area contributed by atoms with Crippen LogP contribution < -0.4 is 5.32 Å². The highest BCUT2D eigenvalue weighted by molar-refractivity contribution is 5.76. The van der Waals surface area contributed by atoms with Gasteiger partial charge in [-0.15, -0.1) is 0 Å². The van der Waals surface area contributed by atoms with Gasteiger partial charge in [-0.1, -0.05) is 52.0 Å². The number of fused-ring (bicyclic) bond motifs is 2. The highest BCUT2D eigenvalue weighted by atomic mass is 16.1. The van der Waals surface area contributed by atoms with Gasteiger partial charge in [-0.25, -0.2) is 0 Å². The van der Waals surface area contributed by atoms with Crippen LogP contribution >= 0.6 is 0 Å². The summed E-state index contributed by atoms with van der Waals surface area (Å²) in [4.78, 5) is 14.6. The Morgan fingerprint density at radius 1 is 1.24 bits per heavy atom. The molecule has 1 atom stereocenters. The topological polar surface area (TPSA) is 32.3 Å². The number of amides is 1. The normalized spacial score (nSPS) is 22.8. The number of carbonyl (C=O) groups excluding carboxylic acids is 1. The van der Waals surface area contributed by atoms with E-state index in [0.29, 0.717) is 11.8 Å². The summed E-state index contributed by atoms with van der Waals surface area (Å²) in [5, 5.41) is 3.26. The molecule has 1 amide bonds. The lowest BCUT2D eigenvalue weighted by Gasteiger charge is -2.41. The molecule has 1 aromatic carbocycles. The number of piperidine rings is 1. The van der Waals surface area contributed by atoms with Crippen molar-refractivity contribution < 1.29 is 4.79 Å². The van der Waals surface area contributed by atoms with Crippen molar-refractivity contribution >= 4 is 5.91 Å². The molecule has 25 heavy (non-hydrogen) atoms. The smallest absolute Gasteiger partial charge is 0.220 e. The number of carbonyl (C=O) groups is 1. The van der Waals surface area contributed by atoms with Gasteiger partial charge in [0.25, 0.3) is 0 Å². The molecule has 2 aliphatic rings. The van der Waals surface area contributed by atoms with Gasteiger partial charge in [-0.2, -0.15) is 0 Å². The minimum atomic E-state index is 0.166. The Balaban J connectivity index is 1.70. The van der Waals surface area contributed by atoms with E-state index in [0.717, 1.165) is 6.42 Å². The lowest BCUT2D eigenvalue weighted by molar-refractivity contribution is -0.121. The summed E-state index contributed by atoms with van der Waals surface area (Å²) in [5.41, 5.74) is 3.52. The van der Waals surface area contributed by atoms with E-state index in [-0.39, 0.29) is 17.4 Å². The number of benzene rings is 1. The monoisotopic (exact) mass is 342 g/mol. The Morgan fingerprint density at radius 3 is 2.56 bits per heavy atom. The lowest BCUT2D eigenvalue weighted by Crippen LogP contribution is -2.43. The van der Waals surface area contributed by atoms with E-state index in [1.807, 2.05) is 6.92 Å². The Bertz CT molecular complexity index is 609. The average molecular weight is 343 g/mol. The molecule has 0 aromatic heterocycles. The first-order valence-corrected chi connectivity index (χ1v) is 9.94. The van der Waals surface area contributed by atoms with Crippen LogP contribution in [-0.4, -0.2) is 30.4 Å². The first-order valence-electron chi connectivity index (χ1n) is 9.94. The van der Waals surface area contributed by atoms with Crippen LogP contribution in [0.25, 0.3) is 0 Å². The number of likely N-dealkylation sites (tertiary alicyclic amines) is 1. The minimum Gasteiger partial charge on any atom is -0.349 e. The van der Waals surface area contributed by atoms with Crippen molar-refractivity contribution in [2.45, 2.75) is 71.3 Å². The van der Waals surface area contributed by atoms with Gasteiger partial charge in [-0.05, 0) is 61.9 Å². The molecule has 3 heteroatoms. The molecule has 3 rings (SSSR count). The van der Waals surface area contributed by atoms with Crippen LogP contribution in [0.15, 0.2) is 24.3 Å². The van der Waals surface area contributed by atoms with Crippen LogP contribution in [-0.2, 0) is 10.2 Å². The van der Waals surface area contributed by atoms with Crippen molar-refractivity contribution in [3.05, 3.63) is 35.4 Å². The standard InChI is InChI=1S/C22H34N2O/c1-5-20(25)23-19-16-22(18-9-7-6-8-17(18)19)11-14-24(15-12-22)13-10-21(2,3)4/h6-9,19H,5,10-16H2,1-4H3,(H,23,25)/t19-/m0/s1. The zero-order valence-electron chi connectivity index (χ0n) is 16.4. The Morgan fingerprint density at radius 2 is 1.92 bits per heavy atom. The Labute approximate surface area is 153 Å². The van der Waals surface area contributed by atoms with Gasteiger partial charge >= 0.3 is 0 Å². The van der Waals surface area contributed by atoms with E-state index in [1.54, 1.807) is 0 Å². The number of hydrogen-bond acceptors (Lipinski definition) is 2. The summed E-state index contributed by atoms with van der Waals surface area (Å²) in [6.07, 6.45) is 5.32. The van der Waals surface area contributed by atoms with Crippen molar-refractivity contribution in [1.29, 1.82) is 0 Å². The fourth-order valence-electron chi connectivity index (χ4n) is 4.49. The number of nitrogens with one attached hydrogen (secondary N) is 1. The molecule has 1 aliphatic carbocycles. The van der Waals surface area contributed by atoms with Crippen LogP contribution in [0.2, 0.25) is 0 Å². The molecule has 1 fully saturated rings. The number of rotatable bonds is 4. The molecule has 1 heterocycles. The molecular weight excluding hydrogens is 308 g/mol. The van der Waals surface area contributed by atoms with Gasteiger partial charge < -0.3 is 10.2 Å². The predicted molar refractivity (Wildman–Crippen MR) is 104 cm³/mol. The van der Waals surface area contributed by atoms with E-state index in [9.17, 15) is 4.79 Å². The summed E-state index contributed by atoms with van der Waals surface area (Å²) >= 11 is 0. The summed E-state index contributed by atoms with van der Waals surface area (Å²) in [7, 11) is 0. The maximum atomic E-state index is 12.0. The van der Waals surface area contributed by atoms with E-state index >= 15 is 0 Å². The molecule has 138 valence electrons. The van der Waals surface area contributed by atoms with E-state index in [4.69, 9.17) is 0 Å². The summed E-state index contributed by atoms with van der Waals surface area (Å²) in [6.45, 7) is 12.5. The van der Waals surface area contributed by atoms with Crippen molar-refractivity contribution in [3.63, 3.8) is 0 Å². The van der Waals surface area contributed by atoms with E-state index in [1.165, 1.54) is 50.0 Å². The maximum absolute atomic E-state index is 12.0. The average Bonchev–Trinajstić information content (AvgIpc) is 2.88. The summed E-state index contributed by atoms with van der Waals surface area (Å²) in [6, 6.07) is 9.00. The van der Waals surface area contributed by atoms with Crippen molar-refractivity contribution in [2.75, 3.05) is 19.6 Å². The van der Waals surface area contributed by atoms with Gasteiger partial charge in [0.05, 0.1) is 6.04 Å². The predicted octanol–water partition coefficient (Wildman–Crippen LogP) is 4.43. The molecule has 1 N–H and O–H groups in total. The first-order chi connectivity index (χ1) is 11.8. The largest absolute Gasteiger partial charge is 0.349 e. The van der Waals surface area contributed by atoms with E-state index in [2.05, 4.69) is 55.3 Å².